The van der Waals surface area contributed by atoms with Crippen molar-refractivity contribution < 1.29 is 8.99 Å². The first-order chi connectivity index (χ1) is 11.6. The van der Waals surface area contributed by atoms with Gasteiger partial charge in [0.05, 0.1) is 15.6 Å². The minimum Gasteiger partial charge on any atom is -0.508 e. The highest BCUT2D eigenvalue weighted by atomic mass is 32.2. The zero-order valence-corrected chi connectivity index (χ0v) is 14.0. The first-order valence-corrected chi connectivity index (χ1v) is 8.53. The lowest BCUT2D eigenvalue weighted by Gasteiger charge is -2.10. The SMILES string of the molecule is Cc1cc(O)cc2c(=O)n(SF)c(-c3cc4ccsc4cn3)nc12. The zero-order valence-electron chi connectivity index (χ0n) is 12.4. The number of pyridine rings is 1. The molecule has 120 valence electrons. The first kappa shape index (κ1) is 15.1. The summed E-state index contributed by atoms with van der Waals surface area (Å²) < 4.78 is 15.3. The molecule has 1 aromatic carbocycles. The molecule has 0 bridgehead atoms. The number of hydrogen-bond donors (Lipinski definition) is 1. The van der Waals surface area contributed by atoms with Gasteiger partial charge in [0.2, 0.25) is 0 Å². The molecule has 4 aromatic rings. The number of benzene rings is 1. The Morgan fingerprint density at radius 2 is 2.17 bits per heavy atom. The Kier molecular flexibility index (Phi) is 3.50. The van der Waals surface area contributed by atoms with E-state index in [0.717, 1.165) is 14.1 Å². The van der Waals surface area contributed by atoms with Crippen LogP contribution in [-0.4, -0.2) is 19.0 Å². The largest absolute Gasteiger partial charge is 0.508 e. The number of rotatable bonds is 2. The van der Waals surface area contributed by atoms with Crippen molar-refractivity contribution in [2.45, 2.75) is 6.92 Å². The highest BCUT2D eigenvalue weighted by molar-refractivity contribution is 7.92. The van der Waals surface area contributed by atoms with E-state index in [4.69, 9.17) is 0 Å². The summed E-state index contributed by atoms with van der Waals surface area (Å²) in [6, 6.07) is 6.52. The van der Waals surface area contributed by atoms with Crippen molar-refractivity contribution in [3.8, 4) is 17.3 Å². The third-order valence-electron chi connectivity index (χ3n) is 3.75. The van der Waals surface area contributed by atoms with E-state index in [2.05, 4.69) is 9.97 Å². The smallest absolute Gasteiger partial charge is 0.273 e. The molecule has 0 spiro atoms. The van der Waals surface area contributed by atoms with Gasteiger partial charge in [0.1, 0.15) is 11.4 Å². The fourth-order valence-corrected chi connectivity index (χ4v) is 3.74. The lowest BCUT2D eigenvalue weighted by Crippen LogP contribution is -2.18. The predicted molar refractivity (Wildman–Crippen MR) is 95.1 cm³/mol. The Morgan fingerprint density at radius 3 is 2.96 bits per heavy atom. The Balaban J connectivity index is 2.08. The molecule has 0 radical (unpaired) electrons. The van der Waals surface area contributed by atoms with Crippen LogP contribution in [0.4, 0.5) is 3.89 Å². The summed E-state index contributed by atoms with van der Waals surface area (Å²) >= 11 is 1.33. The lowest BCUT2D eigenvalue weighted by molar-refractivity contribution is 0.475. The van der Waals surface area contributed by atoms with Crippen LogP contribution in [0.25, 0.3) is 32.5 Å². The fraction of sp³-hybridized carbons (Fsp3) is 0.0625. The summed E-state index contributed by atoms with van der Waals surface area (Å²) in [5.41, 5.74) is 0.896. The molecule has 3 heterocycles. The van der Waals surface area contributed by atoms with Crippen molar-refractivity contribution in [2.75, 3.05) is 0 Å². The van der Waals surface area contributed by atoms with Crippen LogP contribution in [0, 0.1) is 6.92 Å². The second-order valence-electron chi connectivity index (χ2n) is 5.29. The van der Waals surface area contributed by atoms with Gasteiger partial charge in [-0.1, -0.05) is 0 Å². The van der Waals surface area contributed by atoms with Gasteiger partial charge in [0.15, 0.2) is 18.2 Å². The number of fused-ring (bicyclic) bond motifs is 2. The number of aryl methyl sites for hydroxylation is 1. The zero-order chi connectivity index (χ0) is 16.8. The molecule has 0 fully saturated rings. The molecule has 0 saturated heterocycles. The van der Waals surface area contributed by atoms with Crippen LogP contribution >= 0.6 is 23.7 Å². The number of aromatic hydroxyl groups is 1. The maximum Gasteiger partial charge on any atom is 0.273 e. The van der Waals surface area contributed by atoms with Crippen molar-refractivity contribution in [1.82, 2.24) is 13.9 Å². The first-order valence-electron chi connectivity index (χ1n) is 6.97. The van der Waals surface area contributed by atoms with Gasteiger partial charge in [-0.15, -0.1) is 15.2 Å². The van der Waals surface area contributed by atoms with E-state index in [0.29, 0.717) is 16.8 Å². The van der Waals surface area contributed by atoms with Crippen LogP contribution < -0.4 is 5.56 Å². The number of halogens is 1. The minimum absolute atomic E-state index is 0.0557. The molecule has 24 heavy (non-hydrogen) atoms. The van der Waals surface area contributed by atoms with Crippen molar-refractivity contribution in [3.63, 3.8) is 0 Å². The number of phenols is 1. The molecular formula is C16H10FN3O2S2. The average Bonchev–Trinajstić information content (AvgIpc) is 3.03. The summed E-state index contributed by atoms with van der Waals surface area (Å²) in [5, 5.41) is 12.8. The molecule has 0 saturated carbocycles. The van der Waals surface area contributed by atoms with Gasteiger partial charge in [-0.2, -0.15) is 0 Å². The fourth-order valence-electron chi connectivity index (χ4n) is 2.64. The van der Waals surface area contributed by atoms with E-state index >= 15 is 0 Å². The molecule has 3 aromatic heterocycles. The van der Waals surface area contributed by atoms with Gasteiger partial charge >= 0.3 is 0 Å². The summed E-state index contributed by atoms with van der Waals surface area (Å²) in [6.45, 7) is 1.74. The number of hydrogen-bond acceptors (Lipinski definition) is 6. The molecule has 0 aliphatic heterocycles. The van der Waals surface area contributed by atoms with Crippen LogP contribution in [0.1, 0.15) is 5.56 Å². The third kappa shape index (κ3) is 2.26. The van der Waals surface area contributed by atoms with E-state index < -0.39 is 5.56 Å². The van der Waals surface area contributed by atoms with Crippen molar-refractivity contribution in [3.05, 3.63) is 51.8 Å². The van der Waals surface area contributed by atoms with Crippen molar-refractivity contribution in [2.24, 2.45) is 0 Å². The van der Waals surface area contributed by atoms with Crippen LogP contribution in [0.15, 0.2) is 40.6 Å². The predicted octanol–water partition coefficient (Wildman–Crippen LogP) is 4.07. The van der Waals surface area contributed by atoms with E-state index in [-0.39, 0.29) is 29.3 Å². The number of phenolic OH excluding ortho intramolecular Hbond substituents is 1. The molecule has 0 aliphatic carbocycles. The Bertz CT molecular complexity index is 1150. The van der Waals surface area contributed by atoms with Gasteiger partial charge in [0, 0.05) is 6.20 Å². The highest BCUT2D eigenvalue weighted by Crippen LogP contribution is 2.28. The number of thiophene rings is 1. The number of nitrogens with zero attached hydrogens (tertiary/aromatic N) is 3. The topological polar surface area (TPSA) is 68.0 Å². The van der Waals surface area contributed by atoms with Crippen molar-refractivity contribution in [1.29, 1.82) is 0 Å². The molecule has 0 amide bonds. The maximum absolute atomic E-state index is 13.5. The molecule has 0 atom stereocenters. The van der Waals surface area contributed by atoms with Crippen LogP contribution in [0.2, 0.25) is 0 Å². The quantitative estimate of drug-likeness (QED) is 0.584. The average molecular weight is 359 g/mol. The molecule has 1 N–H and O–H groups in total. The van der Waals surface area contributed by atoms with Crippen LogP contribution in [0.5, 0.6) is 5.75 Å². The number of aromatic nitrogens is 3. The standard InChI is InChI=1S/C16H10FN3O2S2/c1-8-4-10(21)6-11-14(8)19-15(20(24-17)16(11)22)12-5-9-2-3-23-13(9)7-18-12/h2-7,21H,1H3. The molecule has 4 rings (SSSR count). The lowest BCUT2D eigenvalue weighted by atomic mass is 10.1. The summed E-state index contributed by atoms with van der Waals surface area (Å²) in [4.78, 5) is 21.3. The maximum atomic E-state index is 13.5. The Hall–Kier alpha value is -2.45. The second-order valence-corrected chi connectivity index (χ2v) is 6.74. The van der Waals surface area contributed by atoms with Gasteiger partial charge < -0.3 is 5.11 Å². The van der Waals surface area contributed by atoms with Gasteiger partial charge in [0.25, 0.3) is 5.56 Å². The third-order valence-corrected chi connectivity index (χ3v) is 5.09. The van der Waals surface area contributed by atoms with E-state index in [1.54, 1.807) is 30.5 Å². The second kappa shape index (κ2) is 5.57. The van der Waals surface area contributed by atoms with Crippen LogP contribution in [0.3, 0.4) is 0 Å². The molecular weight excluding hydrogens is 349 g/mol. The normalized spacial score (nSPS) is 11.4. The summed E-state index contributed by atoms with van der Waals surface area (Å²) in [5.74, 6) is 0.0850. The van der Waals surface area contributed by atoms with Gasteiger partial charge in [-0.3, -0.25) is 9.78 Å². The molecule has 8 heteroatoms. The molecule has 0 aliphatic rings. The summed E-state index contributed by atoms with van der Waals surface area (Å²) in [7, 11) is 0. The minimum atomic E-state index is -0.575. The molecule has 0 unspecified atom stereocenters. The van der Waals surface area contributed by atoms with Crippen LogP contribution in [-0.2, 0) is 0 Å². The van der Waals surface area contributed by atoms with Gasteiger partial charge in [-0.05, 0) is 47.5 Å². The Labute approximate surface area is 143 Å². The molecule has 5 nitrogen and oxygen atoms in total. The van der Waals surface area contributed by atoms with E-state index in [1.807, 2.05) is 11.4 Å². The van der Waals surface area contributed by atoms with E-state index in [9.17, 15) is 13.8 Å². The summed E-state index contributed by atoms with van der Waals surface area (Å²) in [6.07, 6.45) is 1.68. The monoisotopic (exact) mass is 359 g/mol. The van der Waals surface area contributed by atoms with E-state index in [1.165, 1.54) is 12.1 Å². The highest BCUT2D eigenvalue weighted by Gasteiger charge is 2.17. The van der Waals surface area contributed by atoms with Crippen molar-refractivity contribution >= 4 is 44.7 Å². The Morgan fingerprint density at radius 1 is 1.33 bits per heavy atom. The van der Waals surface area contributed by atoms with Gasteiger partial charge in [-0.25, -0.2) is 8.96 Å².